The van der Waals surface area contributed by atoms with Crippen LogP contribution >= 0.6 is 0 Å². The molecule has 1 saturated heterocycles. The van der Waals surface area contributed by atoms with Crippen molar-refractivity contribution < 1.29 is 12.8 Å². The molecule has 0 saturated carbocycles. The molecule has 1 aliphatic rings. The number of hydrogen-bond donors (Lipinski definition) is 1. The highest BCUT2D eigenvalue weighted by Crippen LogP contribution is 2.28. The highest BCUT2D eigenvalue weighted by Gasteiger charge is 2.36. The Kier molecular flexibility index (Phi) is 4.44. The number of benzene rings is 1. The molecular weight excluding hydrogens is 314 g/mol. The van der Waals surface area contributed by atoms with E-state index in [9.17, 15) is 8.42 Å². The second kappa shape index (κ2) is 6.22. The van der Waals surface area contributed by atoms with Crippen LogP contribution in [0.25, 0.3) is 11.1 Å². The first-order valence-electron chi connectivity index (χ1n) is 7.97. The maximum atomic E-state index is 12.3. The Labute approximate surface area is 136 Å². The van der Waals surface area contributed by atoms with Gasteiger partial charge in [-0.25, -0.2) is 18.1 Å². The van der Waals surface area contributed by atoms with E-state index in [1.54, 1.807) is 0 Å². The fraction of sp³-hybridized carbons (Fsp3) is 0.562. The average Bonchev–Trinajstić information content (AvgIpc) is 3.12. The van der Waals surface area contributed by atoms with Crippen LogP contribution in [0.5, 0.6) is 0 Å². The number of nitrogens with one attached hydrogen (secondary N) is 1. The maximum absolute atomic E-state index is 12.3. The normalized spacial score (nSPS) is 21.3. The van der Waals surface area contributed by atoms with Crippen molar-refractivity contribution in [3.8, 4) is 0 Å². The van der Waals surface area contributed by atoms with Gasteiger partial charge in [-0.2, -0.15) is 0 Å². The Morgan fingerprint density at radius 2 is 2.04 bits per heavy atom. The van der Waals surface area contributed by atoms with Gasteiger partial charge in [0.1, 0.15) is 5.52 Å². The molecule has 1 aromatic carbocycles. The summed E-state index contributed by atoms with van der Waals surface area (Å²) >= 11 is 0. The van der Waals surface area contributed by atoms with E-state index in [1.807, 2.05) is 45.0 Å². The van der Waals surface area contributed by atoms with Crippen molar-refractivity contribution in [3.05, 3.63) is 30.2 Å². The smallest absolute Gasteiger partial charge is 0.216 e. The van der Waals surface area contributed by atoms with Crippen molar-refractivity contribution in [1.29, 1.82) is 0 Å². The molecule has 0 spiro atoms. The zero-order valence-corrected chi connectivity index (χ0v) is 14.5. The lowest BCUT2D eigenvalue weighted by Crippen LogP contribution is -2.40. The van der Waals surface area contributed by atoms with Crippen LogP contribution in [0.3, 0.4) is 0 Å². The Balaban J connectivity index is 1.73. The Morgan fingerprint density at radius 1 is 1.30 bits per heavy atom. The van der Waals surface area contributed by atoms with Crippen LogP contribution < -0.4 is 4.72 Å². The summed E-state index contributed by atoms with van der Waals surface area (Å²) in [5, 5.41) is -0.378. The van der Waals surface area contributed by atoms with Crippen LogP contribution in [0.4, 0.5) is 0 Å². The fourth-order valence-corrected chi connectivity index (χ4v) is 4.66. The number of sulfonamides is 1. The summed E-state index contributed by atoms with van der Waals surface area (Å²) < 4.78 is 33.1. The third-order valence-corrected chi connectivity index (χ3v) is 6.29. The molecule has 2 unspecified atom stereocenters. The molecule has 0 aliphatic carbocycles. The fourth-order valence-electron chi connectivity index (χ4n) is 3.01. The van der Waals surface area contributed by atoms with Crippen LogP contribution in [0, 0.1) is 0 Å². The molecule has 2 heterocycles. The van der Waals surface area contributed by atoms with E-state index in [0.29, 0.717) is 18.9 Å². The van der Waals surface area contributed by atoms with E-state index in [0.717, 1.165) is 17.6 Å². The molecule has 0 amide bonds. The Hall–Kier alpha value is -1.44. The van der Waals surface area contributed by atoms with Crippen LogP contribution in [-0.2, 0) is 10.0 Å². The molecule has 3 rings (SSSR count). The average molecular weight is 337 g/mol. The van der Waals surface area contributed by atoms with E-state index in [4.69, 9.17) is 4.42 Å². The maximum Gasteiger partial charge on any atom is 0.216 e. The molecule has 7 heteroatoms. The number of fused-ring (bicyclic) bond motifs is 1. The molecule has 1 N–H and O–H groups in total. The highest BCUT2D eigenvalue weighted by molar-refractivity contribution is 7.90. The largest absolute Gasteiger partial charge is 0.439 e. The topological polar surface area (TPSA) is 75.4 Å². The summed E-state index contributed by atoms with van der Waals surface area (Å²) in [6.45, 7) is 6.91. The van der Waals surface area contributed by atoms with E-state index in [-0.39, 0.29) is 17.3 Å². The molecule has 0 bridgehead atoms. The lowest BCUT2D eigenvalue weighted by Gasteiger charge is -2.21. The molecule has 1 aliphatic heterocycles. The minimum atomic E-state index is -3.28. The minimum Gasteiger partial charge on any atom is -0.439 e. The van der Waals surface area contributed by atoms with Crippen molar-refractivity contribution in [1.82, 2.24) is 14.6 Å². The first-order chi connectivity index (χ1) is 10.9. The number of rotatable bonds is 5. The van der Waals surface area contributed by atoms with Gasteiger partial charge in [0.25, 0.3) is 0 Å². The minimum absolute atomic E-state index is 0.0401. The van der Waals surface area contributed by atoms with Crippen LogP contribution in [0.1, 0.15) is 39.1 Å². The summed E-state index contributed by atoms with van der Waals surface area (Å²) in [4.78, 5) is 6.64. The Morgan fingerprint density at radius 3 is 2.74 bits per heavy atom. The van der Waals surface area contributed by atoms with Crippen molar-refractivity contribution in [3.63, 3.8) is 0 Å². The molecule has 126 valence electrons. The number of oxazole rings is 1. The zero-order chi connectivity index (χ0) is 16.6. The lowest BCUT2D eigenvalue weighted by molar-refractivity contribution is 0.228. The van der Waals surface area contributed by atoms with Gasteiger partial charge in [-0.15, -0.1) is 0 Å². The van der Waals surface area contributed by atoms with Gasteiger partial charge in [-0.1, -0.05) is 12.1 Å². The molecule has 2 aromatic rings. The number of nitrogens with zero attached hydrogens (tertiary/aromatic N) is 2. The van der Waals surface area contributed by atoms with Gasteiger partial charge in [0.15, 0.2) is 5.58 Å². The van der Waals surface area contributed by atoms with Crippen LogP contribution in [0.2, 0.25) is 0 Å². The van der Waals surface area contributed by atoms with Crippen molar-refractivity contribution >= 4 is 21.1 Å². The van der Waals surface area contributed by atoms with Gasteiger partial charge in [0.05, 0.1) is 11.3 Å². The van der Waals surface area contributed by atoms with Gasteiger partial charge in [0.2, 0.25) is 15.9 Å². The first-order valence-corrected chi connectivity index (χ1v) is 9.52. The quantitative estimate of drug-likeness (QED) is 0.906. The first kappa shape index (κ1) is 16.4. The number of likely N-dealkylation sites (tertiary alicyclic amines) is 1. The molecule has 23 heavy (non-hydrogen) atoms. The van der Waals surface area contributed by atoms with Crippen molar-refractivity contribution in [2.75, 3.05) is 13.1 Å². The van der Waals surface area contributed by atoms with Gasteiger partial charge in [0, 0.05) is 19.1 Å². The van der Waals surface area contributed by atoms with E-state index >= 15 is 0 Å². The van der Waals surface area contributed by atoms with Crippen molar-refractivity contribution in [2.45, 2.75) is 44.5 Å². The predicted octanol–water partition coefficient (Wildman–Crippen LogP) is 2.29. The number of hydrogen-bond acceptors (Lipinski definition) is 5. The SMILES string of the molecule is CC(C)NS(=O)(=O)C1CCN(C(C)c2nc3ccccc3o2)C1. The number of aromatic nitrogens is 1. The van der Waals surface area contributed by atoms with E-state index in [1.165, 1.54) is 0 Å². The van der Waals surface area contributed by atoms with Gasteiger partial charge in [-0.3, -0.25) is 4.90 Å². The molecule has 6 nitrogen and oxygen atoms in total. The molecule has 2 atom stereocenters. The summed E-state index contributed by atoms with van der Waals surface area (Å²) in [6.07, 6.45) is 0.632. The number of para-hydroxylation sites is 2. The summed E-state index contributed by atoms with van der Waals surface area (Å²) in [7, 11) is -3.28. The van der Waals surface area contributed by atoms with Crippen LogP contribution in [0.15, 0.2) is 28.7 Å². The van der Waals surface area contributed by atoms with Gasteiger partial charge >= 0.3 is 0 Å². The summed E-state index contributed by atoms with van der Waals surface area (Å²) in [5.41, 5.74) is 1.60. The Bertz CT molecular complexity index is 752. The van der Waals surface area contributed by atoms with E-state index in [2.05, 4.69) is 14.6 Å². The zero-order valence-electron chi connectivity index (χ0n) is 13.7. The second-order valence-electron chi connectivity index (χ2n) is 6.42. The third kappa shape index (κ3) is 3.41. The highest BCUT2D eigenvalue weighted by atomic mass is 32.2. The summed E-state index contributed by atoms with van der Waals surface area (Å²) in [6, 6.07) is 7.53. The molecule has 0 radical (unpaired) electrons. The molecule has 1 fully saturated rings. The van der Waals surface area contributed by atoms with Crippen LogP contribution in [-0.4, -0.2) is 42.7 Å². The molecular formula is C16H23N3O3S. The molecule has 1 aromatic heterocycles. The monoisotopic (exact) mass is 337 g/mol. The predicted molar refractivity (Wildman–Crippen MR) is 89.6 cm³/mol. The third-order valence-electron chi connectivity index (χ3n) is 4.23. The van der Waals surface area contributed by atoms with Gasteiger partial charge < -0.3 is 4.42 Å². The second-order valence-corrected chi connectivity index (χ2v) is 8.41. The van der Waals surface area contributed by atoms with Gasteiger partial charge in [-0.05, 0) is 39.3 Å². The lowest BCUT2D eigenvalue weighted by atomic mass is 10.3. The summed E-state index contributed by atoms with van der Waals surface area (Å²) in [5.74, 6) is 0.640. The van der Waals surface area contributed by atoms with E-state index < -0.39 is 10.0 Å². The van der Waals surface area contributed by atoms with Crippen molar-refractivity contribution in [2.24, 2.45) is 0 Å². The standard InChI is InChI=1S/C16H23N3O3S/c1-11(2)18-23(20,21)13-8-9-19(10-13)12(3)16-17-14-6-4-5-7-15(14)22-16/h4-7,11-13,18H,8-10H2,1-3H3.